The molecule has 3 N–H and O–H groups in total. The molecule has 0 aromatic carbocycles. The van der Waals surface area contributed by atoms with Gasteiger partial charge in [0.05, 0.1) is 12.7 Å². The zero-order valence-corrected chi connectivity index (χ0v) is 8.36. The maximum Gasteiger partial charge on any atom is 0.497 e. The van der Waals surface area contributed by atoms with E-state index in [2.05, 4.69) is 0 Å². The molecular formula is C6H16O5Si. The Labute approximate surface area is 72.9 Å². The van der Waals surface area contributed by atoms with E-state index in [9.17, 15) is 4.80 Å². The normalized spacial score (nSPS) is 14.8. The van der Waals surface area contributed by atoms with Crippen LogP contribution in [0.5, 0.6) is 0 Å². The van der Waals surface area contributed by atoms with Crippen LogP contribution in [-0.4, -0.2) is 50.7 Å². The molecule has 0 heterocycles. The smallest absolute Gasteiger partial charge is 0.394 e. The van der Waals surface area contributed by atoms with Crippen LogP contribution in [0.2, 0.25) is 6.04 Å². The average Bonchev–Trinajstić information content (AvgIpc) is 2.13. The van der Waals surface area contributed by atoms with Crippen LogP contribution in [0.25, 0.3) is 0 Å². The fourth-order valence-corrected chi connectivity index (χ4v) is 2.00. The van der Waals surface area contributed by atoms with Crippen molar-refractivity contribution in [3.8, 4) is 0 Å². The minimum absolute atomic E-state index is 0.252. The summed E-state index contributed by atoms with van der Waals surface area (Å²) in [5.74, 6) is 0. The van der Waals surface area contributed by atoms with Crippen LogP contribution in [-0.2, 0) is 8.85 Å². The first-order valence-electron chi connectivity index (χ1n) is 3.69. The summed E-state index contributed by atoms with van der Waals surface area (Å²) in [6.45, 7) is -0.308. The number of aliphatic hydroxyl groups excluding tert-OH is 2. The van der Waals surface area contributed by atoms with E-state index in [-0.39, 0.29) is 19.1 Å². The predicted molar refractivity (Wildman–Crippen MR) is 44.5 cm³/mol. The third-order valence-electron chi connectivity index (χ3n) is 1.64. The Morgan fingerprint density at radius 2 is 1.83 bits per heavy atom. The lowest BCUT2D eigenvalue weighted by Gasteiger charge is -2.20. The summed E-state index contributed by atoms with van der Waals surface area (Å²) in [6, 6.07) is 0.252. The SMILES string of the molecule is CO[Si](O)(CCC(O)CO)OC. The second-order valence-corrected chi connectivity index (χ2v) is 5.24. The largest absolute Gasteiger partial charge is 0.497 e. The van der Waals surface area contributed by atoms with Crippen LogP contribution >= 0.6 is 0 Å². The third kappa shape index (κ3) is 4.15. The summed E-state index contributed by atoms with van der Waals surface area (Å²) in [4.78, 5) is 9.47. The topological polar surface area (TPSA) is 79.2 Å². The zero-order valence-electron chi connectivity index (χ0n) is 7.36. The standard InChI is InChI=1S/C6H16O5Si/c1-10-12(9,11-2)4-3-6(8)5-7/h6-9H,3-5H2,1-2H3. The number of rotatable bonds is 6. The molecule has 1 unspecified atom stereocenters. The molecule has 0 saturated heterocycles. The Morgan fingerprint density at radius 1 is 1.33 bits per heavy atom. The molecule has 0 aliphatic heterocycles. The highest BCUT2D eigenvalue weighted by Crippen LogP contribution is 2.11. The average molecular weight is 196 g/mol. The first-order chi connectivity index (χ1) is 5.58. The Kier molecular flexibility index (Phi) is 5.63. The molecule has 0 amide bonds. The Morgan fingerprint density at radius 3 is 2.17 bits per heavy atom. The van der Waals surface area contributed by atoms with E-state index in [1.54, 1.807) is 0 Å². The molecular weight excluding hydrogens is 180 g/mol. The number of hydrogen-bond acceptors (Lipinski definition) is 5. The van der Waals surface area contributed by atoms with E-state index < -0.39 is 14.9 Å². The summed E-state index contributed by atoms with van der Waals surface area (Å²) in [5, 5.41) is 17.4. The Hall–Kier alpha value is 0.0169. The van der Waals surface area contributed by atoms with Gasteiger partial charge in [0, 0.05) is 20.3 Å². The Bertz CT molecular complexity index is 117. The van der Waals surface area contributed by atoms with Crippen molar-refractivity contribution in [3.63, 3.8) is 0 Å². The van der Waals surface area contributed by atoms with Crippen LogP contribution in [0.3, 0.4) is 0 Å². The maximum atomic E-state index is 9.47. The molecule has 12 heavy (non-hydrogen) atoms. The molecule has 1 atom stereocenters. The molecule has 0 rings (SSSR count). The van der Waals surface area contributed by atoms with Crippen molar-refractivity contribution in [2.45, 2.75) is 18.6 Å². The van der Waals surface area contributed by atoms with Gasteiger partial charge in [-0.05, 0) is 6.42 Å². The van der Waals surface area contributed by atoms with Gasteiger partial charge in [-0.1, -0.05) is 0 Å². The van der Waals surface area contributed by atoms with Crippen LogP contribution in [0.1, 0.15) is 6.42 Å². The third-order valence-corrected chi connectivity index (χ3v) is 3.84. The van der Waals surface area contributed by atoms with Crippen LogP contribution in [0.15, 0.2) is 0 Å². The molecule has 74 valence electrons. The van der Waals surface area contributed by atoms with Gasteiger partial charge >= 0.3 is 8.80 Å². The summed E-state index contributed by atoms with van der Waals surface area (Å²) in [5.41, 5.74) is 0. The van der Waals surface area contributed by atoms with Gasteiger partial charge in [-0.25, -0.2) is 0 Å². The lowest BCUT2D eigenvalue weighted by molar-refractivity contribution is 0.0831. The highest BCUT2D eigenvalue weighted by molar-refractivity contribution is 6.59. The lowest BCUT2D eigenvalue weighted by atomic mass is 10.3. The predicted octanol–water partition coefficient (Wildman–Crippen LogP) is -1.05. The molecule has 0 saturated carbocycles. The minimum Gasteiger partial charge on any atom is -0.394 e. The van der Waals surface area contributed by atoms with E-state index in [0.29, 0.717) is 0 Å². The van der Waals surface area contributed by atoms with Crippen molar-refractivity contribution < 1.29 is 23.9 Å². The van der Waals surface area contributed by atoms with E-state index in [1.165, 1.54) is 14.2 Å². The van der Waals surface area contributed by atoms with Crippen molar-refractivity contribution in [2.75, 3.05) is 20.8 Å². The van der Waals surface area contributed by atoms with E-state index in [0.717, 1.165) is 0 Å². The van der Waals surface area contributed by atoms with Gasteiger partial charge in [-0.15, -0.1) is 0 Å². The second kappa shape index (κ2) is 5.63. The van der Waals surface area contributed by atoms with Crippen molar-refractivity contribution in [1.29, 1.82) is 0 Å². The molecule has 0 bridgehead atoms. The van der Waals surface area contributed by atoms with Gasteiger partial charge in [0.25, 0.3) is 0 Å². The molecule has 0 aromatic heterocycles. The van der Waals surface area contributed by atoms with Gasteiger partial charge in [0.15, 0.2) is 0 Å². The first kappa shape index (κ1) is 12.0. The molecule has 0 spiro atoms. The fourth-order valence-electron chi connectivity index (χ4n) is 0.728. The van der Waals surface area contributed by atoms with Gasteiger partial charge in [-0.3, -0.25) is 0 Å². The summed E-state index contributed by atoms with van der Waals surface area (Å²) >= 11 is 0. The summed E-state index contributed by atoms with van der Waals surface area (Å²) < 4.78 is 9.52. The van der Waals surface area contributed by atoms with Crippen LogP contribution in [0, 0.1) is 0 Å². The monoisotopic (exact) mass is 196 g/mol. The van der Waals surface area contributed by atoms with Crippen LogP contribution < -0.4 is 0 Å². The number of hydrogen-bond donors (Lipinski definition) is 3. The lowest BCUT2D eigenvalue weighted by Crippen LogP contribution is -2.41. The highest BCUT2D eigenvalue weighted by Gasteiger charge is 2.34. The second-order valence-electron chi connectivity index (χ2n) is 2.50. The van der Waals surface area contributed by atoms with Gasteiger partial charge in [0.1, 0.15) is 0 Å². The molecule has 6 heteroatoms. The van der Waals surface area contributed by atoms with E-state index in [4.69, 9.17) is 19.1 Å². The van der Waals surface area contributed by atoms with E-state index in [1.807, 2.05) is 0 Å². The molecule has 0 aliphatic rings. The number of aliphatic hydroxyl groups is 2. The molecule has 0 fully saturated rings. The highest BCUT2D eigenvalue weighted by atomic mass is 28.4. The first-order valence-corrected chi connectivity index (χ1v) is 5.66. The minimum atomic E-state index is -3.05. The van der Waals surface area contributed by atoms with Crippen molar-refractivity contribution in [1.82, 2.24) is 0 Å². The maximum absolute atomic E-state index is 9.47. The fraction of sp³-hybridized carbons (Fsp3) is 1.00. The summed E-state index contributed by atoms with van der Waals surface area (Å²) in [6.07, 6.45) is -0.532. The van der Waals surface area contributed by atoms with Crippen molar-refractivity contribution >= 4 is 8.80 Å². The molecule has 5 nitrogen and oxygen atoms in total. The Balaban J connectivity index is 3.72. The van der Waals surface area contributed by atoms with Crippen LogP contribution in [0.4, 0.5) is 0 Å². The quantitative estimate of drug-likeness (QED) is 0.473. The summed E-state index contributed by atoms with van der Waals surface area (Å²) in [7, 11) is -0.323. The van der Waals surface area contributed by atoms with Crippen molar-refractivity contribution in [2.24, 2.45) is 0 Å². The molecule has 0 aromatic rings. The van der Waals surface area contributed by atoms with E-state index >= 15 is 0 Å². The zero-order chi connectivity index (χ0) is 9.61. The van der Waals surface area contributed by atoms with Crippen molar-refractivity contribution in [3.05, 3.63) is 0 Å². The van der Waals surface area contributed by atoms with Gasteiger partial charge in [-0.2, -0.15) is 0 Å². The van der Waals surface area contributed by atoms with Gasteiger partial charge < -0.3 is 23.9 Å². The van der Waals surface area contributed by atoms with Gasteiger partial charge in [0.2, 0.25) is 0 Å². The molecule has 0 aliphatic carbocycles. The molecule has 0 radical (unpaired) electrons.